The summed E-state index contributed by atoms with van der Waals surface area (Å²) in [5, 5.41) is 7.28. The lowest BCUT2D eigenvalue weighted by molar-refractivity contribution is 0.415. The van der Waals surface area contributed by atoms with Gasteiger partial charge >= 0.3 is 0 Å². The second-order valence-corrected chi connectivity index (χ2v) is 4.55. The summed E-state index contributed by atoms with van der Waals surface area (Å²) in [6.07, 6.45) is 0. The summed E-state index contributed by atoms with van der Waals surface area (Å²) in [7, 11) is 1.65. The summed E-state index contributed by atoms with van der Waals surface area (Å²) in [6.45, 7) is 2.06. The summed E-state index contributed by atoms with van der Waals surface area (Å²) in [4.78, 5) is 4.56. The number of methoxy groups -OCH3 is 1. The van der Waals surface area contributed by atoms with Crippen molar-refractivity contribution in [3.8, 4) is 28.5 Å². The Hall–Kier alpha value is -2.62. The number of nitrogens with one attached hydrogen (secondary N) is 1. The lowest BCUT2D eigenvalue weighted by Gasteiger charge is -2.01. The minimum atomic E-state index is 0.669. The van der Waals surface area contributed by atoms with E-state index in [2.05, 4.69) is 28.2 Å². The third-order valence-electron chi connectivity index (χ3n) is 3.21. The molecular formula is C16H15N3O. The van der Waals surface area contributed by atoms with Gasteiger partial charge < -0.3 is 4.74 Å². The van der Waals surface area contributed by atoms with E-state index in [1.807, 2.05) is 42.5 Å². The molecular weight excluding hydrogens is 250 g/mol. The van der Waals surface area contributed by atoms with Crippen LogP contribution < -0.4 is 4.74 Å². The van der Waals surface area contributed by atoms with E-state index in [0.29, 0.717) is 5.82 Å². The lowest BCUT2D eigenvalue weighted by Crippen LogP contribution is -1.86. The predicted octanol–water partition coefficient (Wildman–Crippen LogP) is 3.46. The highest BCUT2D eigenvalue weighted by atomic mass is 16.5. The average Bonchev–Trinajstić information content (AvgIpc) is 2.97. The molecule has 4 heteroatoms. The molecule has 0 fully saturated rings. The van der Waals surface area contributed by atoms with Gasteiger partial charge in [-0.2, -0.15) is 5.10 Å². The van der Waals surface area contributed by atoms with Crippen LogP contribution in [0.2, 0.25) is 0 Å². The summed E-state index contributed by atoms with van der Waals surface area (Å²) in [5.41, 5.74) is 3.16. The Morgan fingerprint density at radius 1 is 1.05 bits per heavy atom. The quantitative estimate of drug-likeness (QED) is 0.789. The largest absolute Gasteiger partial charge is 0.497 e. The molecule has 0 unspecified atom stereocenters. The van der Waals surface area contributed by atoms with Crippen LogP contribution in [-0.4, -0.2) is 22.3 Å². The van der Waals surface area contributed by atoms with Crippen LogP contribution in [-0.2, 0) is 0 Å². The highest BCUT2D eigenvalue weighted by Gasteiger charge is 2.09. The van der Waals surface area contributed by atoms with Crippen molar-refractivity contribution < 1.29 is 4.74 Å². The Bertz CT molecular complexity index is 734. The molecule has 20 heavy (non-hydrogen) atoms. The third kappa shape index (κ3) is 2.28. The topological polar surface area (TPSA) is 50.8 Å². The smallest absolute Gasteiger partial charge is 0.181 e. The molecule has 1 N–H and O–H groups in total. The molecule has 2 aromatic carbocycles. The van der Waals surface area contributed by atoms with Gasteiger partial charge in [-0.15, -0.1) is 0 Å². The number of hydrogen-bond acceptors (Lipinski definition) is 3. The number of hydrogen-bond donors (Lipinski definition) is 1. The molecule has 0 aliphatic rings. The van der Waals surface area contributed by atoms with E-state index < -0.39 is 0 Å². The standard InChI is InChI=1S/C16H15N3O/c1-11-6-3-4-9-14(11)16-17-15(18-19-16)12-7-5-8-13(10-12)20-2/h3-10H,1-2H3,(H,17,18,19). The van der Waals surface area contributed by atoms with Crippen LogP contribution in [0, 0.1) is 6.92 Å². The van der Waals surface area contributed by atoms with Crippen LogP contribution in [0.15, 0.2) is 48.5 Å². The first-order chi connectivity index (χ1) is 9.78. The second kappa shape index (κ2) is 5.17. The van der Waals surface area contributed by atoms with Gasteiger partial charge in [-0.1, -0.05) is 36.4 Å². The molecule has 3 rings (SSSR count). The molecule has 0 atom stereocenters. The Balaban J connectivity index is 2.00. The average molecular weight is 265 g/mol. The molecule has 0 saturated carbocycles. The normalized spacial score (nSPS) is 10.5. The lowest BCUT2D eigenvalue weighted by atomic mass is 10.1. The van der Waals surface area contributed by atoms with Gasteiger partial charge in [0.2, 0.25) is 0 Å². The number of aromatic nitrogens is 3. The monoisotopic (exact) mass is 265 g/mol. The van der Waals surface area contributed by atoms with E-state index >= 15 is 0 Å². The van der Waals surface area contributed by atoms with Gasteiger partial charge in [-0.25, -0.2) is 4.98 Å². The van der Waals surface area contributed by atoms with Gasteiger partial charge in [0, 0.05) is 11.1 Å². The van der Waals surface area contributed by atoms with Crippen LogP contribution in [0.1, 0.15) is 5.56 Å². The molecule has 0 spiro atoms. The fourth-order valence-corrected chi connectivity index (χ4v) is 2.11. The number of nitrogens with zero attached hydrogens (tertiary/aromatic N) is 2. The van der Waals surface area contributed by atoms with Crippen LogP contribution in [0.4, 0.5) is 0 Å². The summed E-state index contributed by atoms with van der Waals surface area (Å²) >= 11 is 0. The van der Waals surface area contributed by atoms with E-state index in [0.717, 1.165) is 22.7 Å². The minimum absolute atomic E-state index is 0.669. The van der Waals surface area contributed by atoms with E-state index in [-0.39, 0.29) is 0 Å². The van der Waals surface area contributed by atoms with Crippen LogP contribution >= 0.6 is 0 Å². The molecule has 0 amide bonds. The van der Waals surface area contributed by atoms with Gasteiger partial charge in [0.25, 0.3) is 0 Å². The number of H-pyrrole nitrogens is 1. The molecule has 100 valence electrons. The predicted molar refractivity (Wildman–Crippen MR) is 78.5 cm³/mol. The van der Waals surface area contributed by atoms with Gasteiger partial charge in [0.15, 0.2) is 11.6 Å². The maximum atomic E-state index is 5.22. The SMILES string of the molecule is COc1cccc(-c2n[nH]c(-c3ccccc3C)n2)c1. The first kappa shape index (κ1) is 12.4. The fourth-order valence-electron chi connectivity index (χ4n) is 2.11. The first-order valence-electron chi connectivity index (χ1n) is 6.41. The molecule has 3 aromatic rings. The Labute approximate surface area is 117 Å². The first-order valence-corrected chi connectivity index (χ1v) is 6.41. The van der Waals surface area contributed by atoms with Gasteiger partial charge in [0.05, 0.1) is 7.11 Å². The Morgan fingerprint density at radius 2 is 1.90 bits per heavy atom. The highest BCUT2D eigenvalue weighted by molar-refractivity contribution is 5.64. The van der Waals surface area contributed by atoms with Crippen molar-refractivity contribution in [1.82, 2.24) is 15.2 Å². The van der Waals surface area contributed by atoms with Crippen molar-refractivity contribution in [2.75, 3.05) is 7.11 Å². The van der Waals surface area contributed by atoms with E-state index in [9.17, 15) is 0 Å². The van der Waals surface area contributed by atoms with Crippen molar-refractivity contribution in [1.29, 1.82) is 0 Å². The molecule has 0 radical (unpaired) electrons. The Kier molecular flexibility index (Phi) is 3.21. The molecule has 4 nitrogen and oxygen atoms in total. The zero-order valence-corrected chi connectivity index (χ0v) is 11.4. The number of benzene rings is 2. The summed E-state index contributed by atoms with van der Waals surface area (Å²) in [5.74, 6) is 2.24. The van der Waals surface area contributed by atoms with Crippen molar-refractivity contribution >= 4 is 0 Å². The zero-order chi connectivity index (χ0) is 13.9. The maximum Gasteiger partial charge on any atom is 0.181 e. The molecule has 0 saturated heterocycles. The minimum Gasteiger partial charge on any atom is -0.497 e. The summed E-state index contributed by atoms with van der Waals surface area (Å²) < 4.78 is 5.22. The van der Waals surface area contributed by atoms with Crippen molar-refractivity contribution in [2.24, 2.45) is 0 Å². The molecule has 0 aliphatic carbocycles. The summed E-state index contributed by atoms with van der Waals surface area (Å²) in [6, 6.07) is 15.8. The maximum absolute atomic E-state index is 5.22. The molecule has 0 bridgehead atoms. The van der Waals surface area contributed by atoms with Gasteiger partial charge in [0.1, 0.15) is 5.75 Å². The second-order valence-electron chi connectivity index (χ2n) is 4.55. The van der Waals surface area contributed by atoms with Crippen molar-refractivity contribution in [3.05, 3.63) is 54.1 Å². The molecule has 1 aromatic heterocycles. The number of rotatable bonds is 3. The van der Waals surface area contributed by atoms with Crippen LogP contribution in [0.5, 0.6) is 5.75 Å². The van der Waals surface area contributed by atoms with E-state index in [4.69, 9.17) is 4.74 Å². The number of aryl methyl sites for hydroxylation is 1. The molecule has 1 heterocycles. The number of ether oxygens (including phenoxy) is 1. The van der Waals surface area contributed by atoms with E-state index in [1.165, 1.54) is 5.56 Å². The van der Waals surface area contributed by atoms with Crippen molar-refractivity contribution in [2.45, 2.75) is 6.92 Å². The van der Waals surface area contributed by atoms with Gasteiger partial charge in [-0.05, 0) is 24.6 Å². The zero-order valence-electron chi connectivity index (χ0n) is 11.4. The van der Waals surface area contributed by atoms with Crippen molar-refractivity contribution in [3.63, 3.8) is 0 Å². The Morgan fingerprint density at radius 3 is 2.70 bits per heavy atom. The molecule has 0 aliphatic heterocycles. The highest BCUT2D eigenvalue weighted by Crippen LogP contribution is 2.24. The number of aromatic amines is 1. The van der Waals surface area contributed by atoms with Crippen LogP contribution in [0.25, 0.3) is 22.8 Å². The van der Waals surface area contributed by atoms with Crippen LogP contribution in [0.3, 0.4) is 0 Å². The van der Waals surface area contributed by atoms with E-state index in [1.54, 1.807) is 7.11 Å². The third-order valence-corrected chi connectivity index (χ3v) is 3.21. The van der Waals surface area contributed by atoms with Gasteiger partial charge in [-0.3, -0.25) is 5.10 Å². The fraction of sp³-hybridized carbons (Fsp3) is 0.125.